The first-order valence-electron chi connectivity index (χ1n) is 6.10. The van der Waals surface area contributed by atoms with Gasteiger partial charge < -0.3 is 0 Å². The first-order valence-corrected chi connectivity index (χ1v) is 8.36. The predicted octanol–water partition coefficient (Wildman–Crippen LogP) is 2.34. The summed E-state index contributed by atoms with van der Waals surface area (Å²) in [5, 5.41) is 0. The summed E-state index contributed by atoms with van der Waals surface area (Å²) in [4.78, 5) is 1.08. The highest BCUT2D eigenvalue weighted by atomic mass is 32.2. The average Bonchev–Trinajstić information content (AvgIpc) is 3.02. The van der Waals surface area contributed by atoms with Crippen LogP contribution in [0.1, 0.15) is 24.6 Å². The maximum absolute atomic E-state index is 12.5. The van der Waals surface area contributed by atoms with Crippen molar-refractivity contribution in [1.29, 1.82) is 0 Å². The summed E-state index contributed by atoms with van der Waals surface area (Å²) in [6.07, 6.45) is 8.36. The number of hydrogen-bond donors (Lipinski definition) is 0. The van der Waals surface area contributed by atoms with Gasteiger partial charge in [0, 0.05) is 11.4 Å². The Bertz CT molecular complexity index is 550. The average molecular weight is 283 g/mol. The lowest BCUT2D eigenvalue weighted by Crippen LogP contribution is -2.32. The summed E-state index contributed by atoms with van der Waals surface area (Å²) in [7, 11) is -3.40. The minimum atomic E-state index is -3.40. The van der Waals surface area contributed by atoms with Gasteiger partial charge in [0.2, 0.25) is 0 Å². The molecule has 1 aromatic heterocycles. The smallest absolute Gasteiger partial charge is 0.206 e. The zero-order valence-corrected chi connectivity index (χ0v) is 12.1. The molecule has 0 aromatic carbocycles. The van der Waals surface area contributed by atoms with Crippen molar-refractivity contribution >= 4 is 21.4 Å². The Hall–Kier alpha value is -0.830. The molecule has 2 rings (SSSR count). The summed E-state index contributed by atoms with van der Waals surface area (Å²) >= 11 is 1.34. The van der Waals surface area contributed by atoms with E-state index in [1.807, 2.05) is 13.0 Å². The molecule has 0 radical (unpaired) electrons. The molecule has 1 aliphatic rings. The minimum Gasteiger partial charge on any atom is -0.206 e. The fourth-order valence-electron chi connectivity index (χ4n) is 1.75. The zero-order chi connectivity index (χ0) is 13.2. The topological polar surface area (TPSA) is 37.4 Å². The van der Waals surface area contributed by atoms with Gasteiger partial charge in [-0.25, -0.2) is 8.42 Å². The van der Waals surface area contributed by atoms with E-state index in [0.717, 1.165) is 24.1 Å². The Balaban J connectivity index is 2.22. The third-order valence-electron chi connectivity index (χ3n) is 3.01. The molecule has 1 aliphatic carbocycles. The highest BCUT2D eigenvalue weighted by Gasteiger charge is 2.31. The van der Waals surface area contributed by atoms with Crippen LogP contribution in [0.3, 0.4) is 0 Å². The van der Waals surface area contributed by atoms with Gasteiger partial charge in [-0.05, 0) is 37.3 Å². The molecule has 0 amide bonds. The number of thiophene rings is 1. The first-order chi connectivity index (χ1) is 8.57. The lowest BCUT2D eigenvalue weighted by atomic mass is 10.4. The molecule has 0 bridgehead atoms. The van der Waals surface area contributed by atoms with Gasteiger partial charge in [-0.1, -0.05) is 12.8 Å². The van der Waals surface area contributed by atoms with Crippen molar-refractivity contribution in [3.63, 3.8) is 0 Å². The fraction of sp³-hybridized carbons (Fsp3) is 0.538. The van der Waals surface area contributed by atoms with Crippen LogP contribution in [0, 0.1) is 18.3 Å². The maximum atomic E-state index is 12.5. The molecule has 0 unspecified atom stereocenters. The van der Waals surface area contributed by atoms with E-state index in [1.165, 1.54) is 15.6 Å². The van der Waals surface area contributed by atoms with Crippen LogP contribution < -0.4 is 0 Å². The largest absolute Gasteiger partial charge is 0.253 e. The Kier molecular flexibility index (Phi) is 4.10. The molecule has 98 valence electrons. The Morgan fingerprint density at radius 1 is 1.50 bits per heavy atom. The summed E-state index contributed by atoms with van der Waals surface area (Å²) in [6, 6.07) is 3.57. The van der Waals surface area contributed by atoms with Gasteiger partial charge in [0.25, 0.3) is 10.0 Å². The van der Waals surface area contributed by atoms with Crippen molar-refractivity contribution in [2.24, 2.45) is 5.92 Å². The molecule has 0 saturated heterocycles. The first kappa shape index (κ1) is 13.6. The second kappa shape index (κ2) is 5.43. The van der Waals surface area contributed by atoms with Gasteiger partial charge in [0.1, 0.15) is 4.21 Å². The van der Waals surface area contributed by atoms with E-state index >= 15 is 0 Å². The van der Waals surface area contributed by atoms with E-state index in [9.17, 15) is 8.42 Å². The second-order valence-corrected chi connectivity index (χ2v) is 7.85. The number of rotatable bonds is 6. The maximum Gasteiger partial charge on any atom is 0.253 e. The lowest BCUT2D eigenvalue weighted by molar-refractivity contribution is 0.431. The molecular weight excluding hydrogens is 266 g/mol. The Labute approximate surface area is 113 Å². The van der Waals surface area contributed by atoms with E-state index in [-0.39, 0.29) is 6.54 Å². The minimum absolute atomic E-state index is 0.165. The highest BCUT2D eigenvalue weighted by Crippen LogP contribution is 2.32. The summed E-state index contributed by atoms with van der Waals surface area (Å²) < 4.78 is 26.8. The molecule has 0 N–H and O–H groups in total. The molecular formula is C13H17NO2S2. The van der Waals surface area contributed by atoms with E-state index in [1.54, 1.807) is 6.07 Å². The number of nitrogens with zero attached hydrogens (tertiary/aromatic N) is 1. The van der Waals surface area contributed by atoms with Gasteiger partial charge in [-0.2, -0.15) is 4.31 Å². The van der Waals surface area contributed by atoms with E-state index in [2.05, 4.69) is 5.92 Å². The third-order valence-corrected chi connectivity index (χ3v) is 6.51. The number of aryl methyl sites for hydroxylation is 1. The Morgan fingerprint density at radius 3 is 2.72 bits per heavy atom. The summed E-state index contributed by atoms with van der Waals surface area (Å²) in [5.74, 6) is 2.95. The van der Waals surface area contributed by atoms with Crippen LogP contribution in [0.15, 0.2) is 16.3 Å². The molecule has 0 atom stereocenters. The summed E-state index contributed by atoms with van der Waals surface area (Å²) in [5.41, 5.74) is 0. The van der Waals surface area contributed by atoms with Crippen LogP contribution in [-0.2, 0) is 16.4 Å². The third kappa shape index (κ3) is 2.94. The van der Waals surface area contributed by atoms with Gasteiger partial charge in [0.05, 0.1) is 6.54 Å². The number of terminal acetylenes is 1. The van der Waals surface area contributed by atoms with Crippen LogP contribution >= 0.6 is 11.3 Å². The standard InChI is InChI=1S/C13H17NO2S2/c1-3-9-14(10-11-5-6-11)18(15,16)13-8-7-12(4-2)17-13/h1,7-8,11H,4-6,9-10H2,2H3. The number of sulfonamides is 1. The van der Waals surface area contributed by atoms with Gasteiger partial charge in [-0.15, -0.1) is 17.8 Å². The molecule has 3 nitrogen and oxygen atoms in total. The zero-order valence-electron chi connectivity index (χ0n) is 10.4. The fourth-order valence-corrected chi connectivity index (χ4v) is 4.63. The quantitative estimate of drug-likeness (QED) is 0.752. The second-order valence-electron chi connectivity index (χ2n) is 4.52. The van der Waals surface area contributed by atoms with Crippen molar-refractivity contribution in [3.05, 3.63) is 17.0 Å². The van der Waals surface area contributed by atoms with Crippen molar-refractivity contribution in [1.82, 2.24) is 4.31 Å². The van der Waals surface area contributed by atoms with Gasteiger partial charge in [0.15, 0.2) is 0 Å². The molecule has 1 saturated carbocycles. The van der Waals surface area contributed by atoms with Gasteiger partial charge >= 0.3 is 0 Å². The van der Waals surface area contributed by atoms with E-state index in [4.69, 9.17) is 6.42 Å². The van der Waals surface area contributed by atoms with Crippen LogP contribution in [0.2, 0.25) is 0 Å². The van der Waals surface area contributed by atoms with Crippen LogP contribution in [0.25, 0.3) is 0 Å². The molecule has 0 aliphatic heterocycles. The normalized spacial score (nSPS) is 15.8. The van der Waals surface area contributed by atoms with Gasteiger partial charge in [-0.3, -0.25) is 0 Å². The molecule has 1 fully saturated rings. The molecule has 1 aromatic rings. The molecule has 0 spiro atoms. The van der Waals surface area contributed by atoms with Crippen LogP contribution in [0.5, 0.6) is 0 Å². The van der Waals surface area contributed by atoms with Crippen LogP contribution in [0.4, 0.5) is 0 Å². The molecule has 1 heterocycles. The Morgan fingerprint density at radius 2 is 2.22 bits per heavy atom. The SMILES string of the molecule is C#CCN(CC1CC1)S(=O)(=O)c1ccc(CC)s1. The van der Waals surface area contributed by atoms with E-state index < -0.39 is 10.0 Å². The molecule has 5 heteroatoms. The van der Waals surface area contributed by atoms with Crippen molar-refractivity contribution in [2.75, 3.05) is 13.1 Å². The number of hydrogen-bond acceptors (Lipinski definition) is 3. The van der Waals surface area contributed by atoms with Crippen molar-refractivity contribution in [2.45, 2.75) is 30.4 Å². The highest BCUT2D eigenvalue weighted by molar-refractivity contribution is 7.91. The lowest BCUT2D eigenvalue weighted by Gasteiger charge is -2.18. The van der Waals surface area contributed by atoms with Crippen LogP contribution in [-0.4, -0.2) is 25.8 Å². The van der Waals surface area contributed by atoms with Crippen molar-refractivity contribution in [3.8, 4) is 12.3 Å². The monoisotopic (exact) mass is 283 g/mol. The summed E-state index contributed by atoms with van der Waals surface area (Å²) in [6.45, 7) is 2.75. The van der Waals surface area contributed by atoms with Crippen molar-refractivity contribution < 1.29 is 8.42 Å². The predicted molar refractivity (Wildman–Crippen MR) is 74.0 cm³/mol. The van der Waals surface area contributed by atoms with E-state index in [0.29, 0.717) is 16.7 Å². The molecule has 18 heavy (non-hydrogen) atoms.